The van der Waals surface area contributed by atoms with Crippen molar-refractivity contribution in [3.63, 3.8) is 0 Å². The number of carbonyl (C=O) groups is 1. The van der Waals surface area contributed by atoms with Gasteiger partial charge in [-0.25, -0.2) is 13.8 Å². The molecule has 0 bridgehead atoms. The van der Waals surface area contributed by atoms with Crippen LogP contribution in [0.5, 0.6) is 0 Å². The van der Waals surface area contributed by atoms with Crippen LogP contribution < -0.4 is 0 Å². The molecule has 0 radical (unpaired) electrons. The van der Waals surface area contributed by atoms with Gasteiger partial charge in [0.1, 0.15) is 17.5 Å². The van der Waals surface area contributed by atoms with Gasteiger partial charge in [0.05, 0.1) is 12.1 Å². The Morgan fingerprint density at radius 3 is 2.76 bits per heavy atom. The molecule has 0 N–H and O–H groups in total. The first-order chi connectivity index (χ1) is 8.08. The minimum Gasteiger partial charge on any atom is -0.327 e. The lowest BCUT2D eigenvalue weighted by Crippen LogP contribution is -2.12. The van der Waals surface area contributed by atoms with E-state index < -0.39 is 17.4 Å². The molecule has 2 aromatic rings. The van der Waals surface area contributed by atoms with E-state index in [1.807, 2.05) is 0 Å². The Bertz CT molecular complexity index is 563. The molecule has 1 heterocycles. The van der Waals surface area contributed by atoms with Gasteiger partial charge in [-0.05, 0) is 19.1 Å². The van der Waals surface area contributed by atoms with Crippen molar-refractivity contribution in [2.24, 2.45) is 0 Å². The van der Waals surface area contributed by atoms with E-state index in [-0.39, 0.29) is 12.1 Å². The summed E-state index contributed by atoms with van der Waals surface area (Å²) in [6.45, 7) is 1.74. The summed E-state index contributed by atoms with van der Waals surface area (Å²) in [4.78, 5) is 15.7. The molecule has 0 saturated heterocycles. The van der Waals surface area contributed by atoms with Crippen LogP contribution in [0.3, 0.4) is 0 Å². The first-order valence-corrected chi connectivity index (χ1v) is 5.04. The standard InChI is InChI=1S/C12H10F2N2O/c1-8-15-4-5-16(8)7-12(17)10-3-2-9(13)6-11(10)14/h2-6H,7H2,1H3. The summed E-state index contributed by atoms with van der Waals surface area (Å²) in [6.07, 6.45) is 3.19. The molecule has 0 atom stereocenters. The van der Waals surface area contributed by atoms with Crippen molar-refractivity contribution in [2.45, 2.75) is 13.5 Å². The Balaban J connectivity index is 2.23. The zero-order chi connectivity index (χ0) is 12.4. The molecular weight excluding hydrogens is 226 g/mol. The fraction of sp³-hybridized carbons (Fsp3) is 0.167. The number of Topliss-reactive ketones (excluding diaryl/α,β-unsaturated/α-hetero) is 1. The van der Waals surface area contributed by atoms with E-state index in [4.69, 9.17) is 0 Å². The molecule has 5 heteroatoms. The van der Waals surface area contributed by atoms with Crippen molar-refractivity contribution >= 4 is 5.78 Å². The van der Waals surface area contributed by atoms with E-state index in [2.05, 4.69) is 4.98 Å². The highest BCUT2D eigenvalue weighted by molar-refractivity contribution is 5.96. The number of hydrogen-bond donors (Lipinski definition) is 0. The highest BCUT2D eigenvalue weighted by atomic mass is 19.1. The van der Waals surface area contributed by atoms with Crippen molar-refractivity contribution in [3.05, 3.63) is 53.6 Å². The summed E-state index contributed by atoms with van der Waals surface area (Å²) in [6, 6.07) is 2.92. The summed E-state index contributed by atoms with van der Waals surface area (Å²) >= 11 is 0. The maximum Gasteiger partial charge on any atom is 0.185 e. The van der Waals surface area contributed by atoms with Crippen LogP contribution in [-0.4, -0.2) is 15.3 Å². The molecule has 0 aliphatic rings. The quantitative estimate of drug-likeness (QED) is 0.767. The summed E-state index contributed by atoms with van der Waals surface area (Å²) < 4.78 is 27.6. The lowest BCUT2D eigenvalue weighted by molar-refractivity contribution is 0.0967. The van der Waals surface area contributed by atoms with Crippen LogP contribution in [0.4, 0.5) is 8.78 Å². The minimum atomic E-state index is -0.840. The predicted molar refractivity (Wildman–Crippen MR) is 57.7 cm³/mol. The smallest absolute Gasteiger partial charge is 0.185 e. The number of nitrogens with zero attached hydrogens (tertiary/aromatic N) is 2. The van der Waals surface area contributed by atoms with Gasteiger partial charge >= 0.3 is 0 Å². The van der Waals surface area contributed by atoms with Crippen molar-refractivity contribution < 1.29 is 13.6 Å². The van der Waals surface area contributed by atoms with Gasteiger partial charge in [0, 0.05) is 18.5 Å². The van der Waals surface area contributed by atoms with Gasteiger partial charge < -0.3 is 4.57 Å². The van der Waals surface area contributed by atoms with E-state index in [0.29, 0.717) is 11.9 Å². The first-order valence-electron chi connectivity index (χ1n) is 5.04. The van der Waals surface area contributed by atoms with Crippen LogP contribution in [0.2, 0.25) is 0 Å². The molecule has 0 amide bonds. The number of aromatic nitrogens is 2. The Morgan fingerprint density at radius 2 is 2.18 bits per heavy atom. The van der Waals surface area contributed by atoms with Gasteiger partial charge in [0.25, 0.3) is 0 Å². The van der Waals surface area contributed by atoms with Crippen LogP contribution in [0.15, 0.2) is 30.6 Å². The Hall–Kier alpha value is -2.04. The zero-order valence-electron chi connectivity index (χ0n) is 9.15. The Morgan fingerprint density at radius 1 is 1.41 bits per heavy atom. The molecule has 0 fully saturated rings. The minimum absolute atomic E-state index is 0.00557. The van der Waals surface area contributed by atoms with Crippen LogP contribution in [0, 0.1) is 18.6 Å². The van der Waals surface area contributed by atoms with Crippen molar-refractivity contribution in [1.29, 1.82) is 0 Å². The summed E-state index contributed by atoms with van der Waals surface area (Å²) in [7, 11) is 0. The summed E-state index contributed by atoms with van der Waals surface area (Å²) in [5.74, 6) is -1.28. The molecule has 2 rings (SSSR count). The molecule has 0 saturated carbocycles. The average molecular weight is 236 g/mol. The summed E-state index contributed by atoms with van der Waals surface area (Å²) in [5, 5.41) is 0. The van der Waals surface area contributed by atoms with Gasteiger partial charge in [-0.2, -0.15) is 0 Å². The molecule has 0 spiro atoms. The second-order valence-corrected chi connectivity index (χ2v) is 3.65. The van der Waals surface area contributed by atoms with E-state index >= 15 is 0 Å². The van der Waals surface area contributed by atoms with E-state index in [9.17, 15) is 13.6 Å². The molecule has 1 aromatic carbocycles. The number of aryl methyl sites for hydroxylation is 1. The topological polar surface area (TPSA) is 34.9 Å². The third kappa shape index (κ3) is 2.38. The number of benzene rings is 1. The van der Waals surface area contributed by atoms with Crippen molar-refractivity contribution in [3.8, 4) is 0 Å². The number of imidazole rings is 1. The second-order valence-electron chi connectivity index (χ2n) is 3.65. The lowest BCUT2D eigenvalue weighted by atomic mass is 10.1. The predicted octanol–water partition coefficient (Wildman–Crippen LogP) is 2.35. The maximum atomic E-state index is 13.3. The number of ketones is 1. The second kappa shape index (κ2) is 4.45. The van der Waals surface area contributed by atoms with Gasteiger partial charge in [-0.1, -0.05) is 0 Å². The van der Waals surface area contributed by atoms with Crippen molar-refractivity contribution in [2.75, 3.05) is 0 Å². The maximum absolute atomic E-state index is 13.3. The van der Waals surface area contributed by atoms with Crippen LogP contribution in [0.25, 0.3) is 0 Å². The fourth-order valence-corrected chi connectivity index (χ4v) is 1.53. The number of carbonyl (C=O) groups excluding carboxylic acids is 1. The molecule has 88 valence electrons. The Labute approximate surface area is 96.7 Å². The van der Waals surface area contributed by atoms with E-state index in [1.165, 1.54) is 0 Å². The number of hydrogen-bond acceptors (Lipinski definition) is 2. The first kappa shape index (κ1) is 11.4. The molecule has 0 unspecified atom stereocenters. The Kier molecular flexibility index (Phi) is 2.99. The fourth-order valence-electron chi connectivity index (χ4n) is 1.53. The highest BCUT2D eigenvalue weighted by Crippen LogP contribution is 2.11. The number of rotatable bonds is 3. The highest BCUT2D eigenvalue weighted by Gasteiger charge is 2.13. The molecule has 1 aromatic heterocycles. The number of halogens is 2. The van der Waals surface area contributed by atoms with E-state index in [0.717, 1.165) is 12.1 Å². The third-order valence-corrected chi connectivity index (χ3v) is 2.47. The van der Waals surface area contributed by atoms with Gasteiger partial charge in [0.15, 0.2) is 5.78 Å². The normalized spacial score (nSPS) is 10.5. The van der Waals surface area contributed by atoms with Gasteiger partial charge in [-0.15, -0.1) is 0 Å². The SMILES string of the molecule is Cc1nccn1CC(=O)c1ccc(F)cc1F. The van der Waals surface area contributed by atoms with Crippen LogP contribution >= 0.6 is 0 Å². The molecule has 17 heavy (non-hydrogen) atoms. The van der Waals surface area contributed by atoms with E-state index in [1.54, 1.807) is 23.9 Å². The van der Waals surface area contributed by atoms with Crippen LogP contribution in [-0.2, 0) is 6.54 Å². The van der Waals surface area contributed by atoms with Crippen molar-refractivity contribution in [1.82, 2.24) is 9.55 Å². The monoisotopic (exact) mass is 236 g/mol. The van der Waals surface area contributed by atoms with Gasteiger partial charge in [-0.3, -0.25) is 4.79 Å². The lowest BCUT2D eigenvalue weighted by Gasteiger charge is -2.05. The molecular formula is C12H10F2N2O. The molecule has 0 aliphatic heterocycles. The third-order valence-electron chi connectivity index (χ3n) is 2.47. The zero-order valence-corrected chi connectivity index (χ0v) is 9.15. The van der Waals surface area contributed by atoms with Gasteiger partial charge in [0.2, 0.25) is 0 Å². The summed E-state index contributed by atoms with van der Waals surface area (Å²) in [5.41, 5.74) is -0.112. The average Bonchev–Trinajstić information content (AvgIpc) is 2.64. The molecule has 0 aliphatic carbocycles. The van der Waals surface area contributed by atoms with Crippen LogP contribution in [0.1, 0.15) is 16.2 Å². The molecule has 3 nitrogen and oxygen atoms in total. The largest absolute Gasteiger partial charge is 0.327 e.